The summed E-state index contributed by atoms with van der Waals surface area (Å²) in [4.78, 5) is 12.4. The SMILES string of the molecule is O=C1C(Nc2cnn(CC(F)(F)F)c2)CCN1CC(F)(F)F. The Morgan fingerprint density at radius 3 is 2.41 bits per heavy atom. The van der Waals surface area contributed by atoms with Crippen molar-refractivity contribution in [1.82, 2.24) is 14.7 Å². The maximum absolute atomic E-state index is 12.3. The van der Waals surface area contributed by atoms with E-state index in [1.807, 2.05) is 0 Å². The van der Waals surface area contributed by atoms with Crippen molar-refractivity contribution in [2.45, 2.75) is 31.4 Å². The van der Waals surface area contributed by atoms with Crippen molar-refractivity contribution >= 4 is 11.6 Å². The van der Waals surface area contributed by atoms with E-state index in [0.717, 1.165) is 12.4 Å². The van der Waals surface area contributed by atoms with Crippen molar-refractivity contribution in [1.29, 1.82) is 0 Å². The number of carbonyl (C=O) groups is 1. The number of nitrogens with one attached hydrogen (secondary N) is 1. The second-order valence-electron chi connectivity index (χ2n) is 4.90. The molecule has 1 aromatic rings. The minimum absolute atomic E-state index is 0.0628. The predicted octanol–water partition coefficient (Wildman–Crippen LogP) is 2.02. The molecule has 5 nitrogen and oxygen atoms in total. The normalized spacial score (nSPS) is 19.8. The highest BCUT2D eigenvalue weighted by Crippen LogP contribution is 2.23. The minimum Gasteiger partial charge on any atom is -0.371 e. The van der Waals surface area contributed by atoms with Gasteiger partial charge in [0.05, 0.1) is 11.9 Å². The topological polar surface area (TPSA) is 50.2 Å². The molecule has 0 spiro atoms. The third-order valence-corrected chi connectivity index (χ3v) is 2.98. The molecule has 0 saturated carbocycles. The van der Waals surface area contributed by atoms with Gasteiger partial charge in [0.15, 0.2) is 0 Å². The number of anilines is 1. The Morgan fingerprint density at radius 2 is 1.82 bits per heavy atom. The maximum atomic E-state index is 12.3. The number of carbonyl (C=O) groups excluding carboxylic acids is 1. The van der Waals surface area contributed by atoms with Crippen molar-refractivity contribution < 1.29 is 31.1 Å². The van der Waals surface area contributed by atoms with Crippen molar-refractivity contribution in [2.75, 3.05) is 18.4 Å². The lowest BCUT2D eigenvalue weighted by atomic mass is 10.2. The first-order valence-corrected chi connectivity index (χ1v) is 6.25. The first-order chi connectivity index (χ1) is 10.0. The zero-order valence-electron chi connectivity index (χ0n) is 11.1. The first kappa shape index (κ1) is 16.4. The van der Waals surface area contributed by atoms with E-state index >= 15 is 0 Å². The maximum Gasteiger partial charge on any atom is 0.408 e. The molecule has 1 atom stereocenters. The summed E-state index contributed by atoms with van der Waals surface area (Å²) >= 11 is 0. The molecule has 1 aromatic heterocycles. The summed E-state index contributed by atoms with van der Waals surface area (Å²) in [5.41, 5.74) is 0.149. The molecule has 1 aliphatic heterocycles. The molecule has 0 bridgehead atoms. The van der Waals surface area contributed by atoms with Crippen LogP contribution in [-0.2, 0) is 11.3 Å². The van der Waals surface area contributed by atoms with Gasteiger partial charge in [0.2, 0.25) is 5.91 Å². The number of nitrogens with zero attached hydrogens (tertiary/aromatic N) is 3. The number of hydrogen-bond acceptors (Lipinski definition) is 3. The van der Waals surface area contributed by atoms with Gasteiger partial charge in [-0.05, 0) is 6.42 Å². The Hall–Kier alpha value is -1.94. The number of aromatic nitrogens is 2. The van der Waals surface area contributed by atoms with E-state index in [1.54, 1.807) is 0 Å². The Balaban J connectivity index is 1.93. The van der Waals surface area contributed by atoms with Crippen LogP contribution >= 0.6 is 0 Å². The standard InChI is InChI=1S/C11H12F6N4O/c12-10(13,14)5-20-2-1-8(9(20)22)19-7-3-18-21(4-7)6-11(15,16)17/h3-4,8,19H,1-2,5-6H2. The number of rotatable bonds is 4. The monoisotopic (exact) mass is 330 g/mol. The molecule has 2 rings (SSSR count). The molecule has 1 aliphatic rings. The van der Waals surface area contributed by atoms with Gasteiger partial charge in [0.1, 0.15) is 19.1 Å². The number of amides is 1. The average Bonchev–Trinajstić information content (AvgIpc) is 2.87. The summed E-state index contributed by atoms with van der Waals surface area (Å²) in [6.45, 7) is -2.68. The van der Waals surface area contributed by atoms with E-state index in [2.05, 4.69) is 10.4 Å². The Labute approximate surface area is 120 Å². The number of halogens is 6. The van der Waals surface area contributed by atoms with Crippen molar-refractivity contribution in [3.8, 4) is 0 Å². The first-order valence-electron chi connectivity index (χ1n) is 6.25. The lowest BCUT2D eigenvalue weighted by Gasteiger charge is -2.18. The fraction of sp³-hybridized carbons (Fsp3) is 0.636. The van der Waals surface area contributed by atoms with Gasteiger partial charge in [0, 0.05) is 12.7 Å². The van der Waals surface area contributed by atoms with E-state index in [4.69, 9.17) is 0 Å². The van der Waals surface area contributed by atoms with E-state index in [1.165, 1.54) is 0 Å². The van der Waals surface area contributed by atoms with E-state index in [-0.39, 0.29) is 18.7 Å². The van der Waals surface area contributed by atoms with Crippen LogP contribution in [0.3, 0.4) is 0 Å². The number of alkyl halides is 6. The van der Waals surface area contributed by atoms with Gasteiger partial charge in [-0.25, -0.2) is 0 Å². The molecule has 2 heterocycles. The van der Waals surface area contributed by atoms with E-state index in [0.29, 0.717) is 9.58 Å². The van der Waals surface area contributed by atoms with Crippen LogP contribution in [0.1, 0.15) is 6.42 Å². The van der Waals surface area contributed by atoms with E-state index in [9.17, 15) is 31.1 Å². The van der Waals surface area contributed by atoms with Crippen LogP contribution in [0.2, 0.25) is 0 Å². The van der Waals surface area contributed by atoms with Gasteiger partial charge in [-0.3, -0.25) is 9.48 Å². The van der Waals surface area contributed by atoms with Gasteiger partial charge in [-0.15, -0.1) is 0 Å². The van der Waals surface area contributed by atoms with Crippen molar-refractivity contribution in [3.63, 3.8) is 0 Å². The van der Waals surface area contributed by atoms with Gasteiger partial charge >= 0.3 is 12.4 Å². The van der Waals surface area contributed by atoms with Crippen molar-refractivity contribution in [3.05, 3.63) is 12.4 Å². The van der Waals surface area contributed by atoms with Gasteiger partial charge < -0.3 is 10.2 Å². The fourth-order valence-electron chi connectivity index (χ4n) is 2.16. The largest absolute Gasteiger partial charge is 0.408 e. The van der Waals surface area contributed by atoms with Crippen LogP contribution in [-0.4, -0.2) is 52.1 Å². The molecule has 22 heavy (non-hydrogen) atoms. The van der Waals surface area contributed by atoms with Crippen LogP contribution in [0, 0.1) is 0 Å². The lowest BCUT2D eigenvalue weighted by Crippen LogP contribution is -2.39. The molecule has 11 heteroatoms. The molecule has 124 valence electrons. The highest BCUT2D eigenvalue weighted by molar-refractivity contribution is 5.86. The summed E-state index contributed by atoms with van der Waals surface area (Å²) in [5, 5.41) is 6.08. The molecule has 1 saturated heterocycles. The van der Waals surface area contributed by atoms with E-state index < -0.39 is 37.4 Å². The lowest BCUT2D eigenvalue weighted by molar-refractivity contribution is -0.157. The summed E-state index contributed by atoms with van der Waals surface area (Å²) in [7, 11) is 0. The molecular weight excluding hydrogens is 318 g/mol. The zero-order chi connectivity index (χ0) is 16.5. The molecule has 1 amide bonds. The van der Waals surface area contributed by atoms with Crippen LogP contribution < -0.4 is 5.32 Å². The van der Waals surface area contributed by atoms with Crippen LogP contribution in [0.4, 0.5) is 32.0 Å². The number of likely N-dealkylation sites (tertiary alicyclic amines) is 1. The third kappa shape index (κ3) is 4.53. The van der Waals surface area contributed by atoms with Gasteiger partial charge in [0.25, 0.3) is 0 Å². The Bertz CT molecular complexity index is 537. The van der Waals surface area contributed by atoms with Gasteiger partial charge in [-0.1, -0.05) is 0 Å². The summed E-state index contributed by atoms with van der Waals surface area (Å²) in [6.07, 6.45) is -6.64. The second kappa shape index (κ2) is 5.69. The molecular formula is C11H12F6N4O. The minimum atomic E-state index is -4.48. The summed E-state index contributed by atoms with van der Waals surface area (Å²) in [5.74, 6) is -0.735. The number of hydrogen-bond donors (Lipinski definition) is 1. The molecule has 1 N–H and O–H groups in total. The molecule has 0 aliphatic carbocycles. The van der Waals surface area contributed by atoms with Crippen molar-refractivity contribution in [2.24, 2.45) is 0 Å². The highest BCUT2D eigenvalue weighted by Gasteiger charge is 2.39. The second-order valence-corrected chi connectivity index (χ2v) is 4.90. The highest BCUT2D eigenvalue weighted by atomic mass is 19.4. The quantitative estimate of drug-likeness (QED) is 0.860. The molecule has 0 radical (unpaired) electrons. The van der Waals surface area contributed by atoms with Crippen LogP contribution in [0.25, 0.3) is 0 Å². The summed E-state index contributed by atoms with van der Waals surface area (Å²) in [6, 6.07) is -0.897. The van der Waals surface area contributed by atoms with Crippen LogP contribution in [0.5, 0.6) is 0 Å². The predicted molar refractivity (Wildman–Crippen MR) is 62.9 cm³/mol. The smallest absolute Gasteiger partial charge is 0.371 e. The fourth-order valence-corrected chi connectivity index (χ4v) is 2.16. The molecule has 0 aromatic carbocycles. The summed E-state index contributed by atoms with van der Waals surface area (Å²) < 4.78 is 74.0. The van der Waals surface area contributed by atoms with Crippen LogP contribution in [0.15, 0.2) is 12.4 Å². The Kier molecular flexibility index (Phi) is 4.25. The zero-order valence-corrected chi connectivity index (χ0v) is 11.1. The molecule has 1 fully saturated rings. The van der Waals surface area contributed by atoms with Gasteiger partial charge in [-0.2, -0.15) is 31.4 Å². The third-order valence-electron chi connectivity index (χ3n) is 2.98. The average molecular weight is 330 g/mol. The molecule has 1 unspecified atom stereocenters. The Morgan fingerprint density at radius 1 is 1.18 bits per heavy atom.